The zero-order valence-corrected chi connectivity index (χ0v) is 18.1. The smallest absolute Gasteiger partial charge is 0.351 e. The molecule has 0 aliphatic carbocycles. The van der Waals surface area contributed by atoms with Gasteiger partial charge < -0.3 is 5.73 Å². The molecule has 7 nitrogen and oxygen atoms in total. The van der Waals surface area contributed by atoms with Gasteiger partial charge in [-0.3, -0.25) is 14.2 Å². The molecule has 5 aromatic rings. The zero-order chi connectivity index (χ0) is 22.2. The number of nitrogens with zero attached hydrogens (tertiary/aromatic N) is 5. The minimum Gasteiger partial charge on any atom is -0.383 e. The van der Waals surface area contributed by atoms with Crippen molar-refractivity contribution in [3.63, 3.8) is 0 Å². The van der Waals surface area contributed by atoms with Crippen LogP contribution in [0.15, 0.2) is 71.8 Å². The van der Waals surface area contributed by atoms with Crippen LogP contribution in [0.1, 0.15) is 19.4 Å². The minimum atomic E-state index is -0.375. The molecule has 0 saturated heterocycles. The first-order valence-electron chi connectivity index (χ1n) is 10.7. The zero-order valence-electron chi connectivity index (χ0n) is 18.1. The number of nitrogens with two attached hydrogens (primary N) is 1. The molecule has 0 amide bonds. The fourth-order valence-corrected chi connectivity index (χ4v) is 4.22. The van der Waals surface area contributed by atoms with Gasteiger partial charge in [-0.15, -0.1) is 0 Å². The summed E-state index contributed by atoms with van der Waals surface area (Å²) < 4.78 is 3.55. The highest BCUT2D eigenvalue weighted by atomic mass is 16.1. The van der Waals surface area contributed by atoms with Crippen LogP contribution >= 0.6 is 0 Å². The summed E-state index contributed by atoms with van der Waals surface area (Å²) >= 11 is 0. The van der Waals surface area contributed by atoms with Crippen molar-refractivity contribution in [3.05, 3.63) is 83.0 Å². The van der Waals surface area contributed by atoms with Gasteiger partial charge in [0.2, 0.25) is 0 Å². The summed E-state index contributed by atoms with van der Waals surface area (Å²) in [7, 11) is 0. The molecular weight excluding hydrogens is 400 g/mol. The lowest BCUT2D eigenvalue weighted by atomic mass is 10.0. The van der Waals surface area contributed by atoms with E-state index in [0.717, 1.165) is 16.8 Å². The van der Waals surface area contributed by atoms with Gasteiger partial charge >= 0.3 is 5.69 Å². The summed E-state index contributed by atoms with van der Waals surface area (Å²) in [5.41, 5.74) is 9.37. The molecule has 0 fully saturated rings. The second kappa shape index (κ2) is 7.92. The van der Waals surface area contributed by atoms with Crippen LogP contribution < -0.4 is 11.4 Å². The summed E-state index contributed by atoms with van der Waals surface area (Å²) in [4.78, 5) is 21.0. The third-order valence-corrected chi connectivity index (χ3v) is 5.59. The average Bonchev–Trinajstić information content (AvgIpc) is 3.17. The number of aromatic nitrogens is 5. The molecule has 32 heavy (non-hydrogen) atoms. The van der Waals surface area contributed by atoms with Crippen molar-refractivity contribution in [2.75, 3.05) is 5.73 Å². The van der Waals surface area contributed by atoms with Crippen molar-refractivity contribution in [1.82, 2.24) is 24.3 Å². The summed E-state index contributed by atoms with van der Waals surface area (Å²) in [6.07, 6.45) is 3.48. The van der Waals surface area contributed by atoms with E-state index in [0.29, 0.717) is 24.1 Å². The second-order valence-electron chi connectivity index (χ2n) is 8.36. The molecule has 7 heteroatoms. The van der Waals surface area contributed by atoms with E-state index in [-0.39, 0.29) is 17.4 Å². The number of rotatable bonds is 5. The summed E-state index contributed by atoms with van der Waals surface area (Å²) in [5.74, 6) is 0.454. The van der Waals surface area contributed by atoms with Gasteiger partial charge in [0.25, 0.3) is 0 Å². The van der Waals surface area contributed by atoms with E-state index in [4.69, 9.17) is 10.8 Å². The molecule has 0 aliphatic heterocycles. The molecule has 3 aromatic heterocycles. The Balaban J connectivity index is 1.80. The van der Waals surface area contributed by atoms with Gasteiger partial charge in [0.05, 0.1) is 17.6 Å². The number of hydrogen-bond donors (Lipinski definition) is 1. The molecule has 0 saturated carbocycles. The number of hydrogen-bond acceptors (Lipinski definition) is 5. The van der Waals surface area contributed by atoms with Gasteiger partial charge in [-0.1, -0.05) is 56.3 Å². The third-order valence-electron chi connectivity index (χ3n) is 5.59. The van der Waals surface area contributed by atoms with Gasteiger partial charge in [0, 0.05) is 24.5 Å². The van der Waals surface area contributed by atoms with E-state index in [2.05, 4.69) is 54.1 Å². The first-order valence-corrected chi connectivity index (χ1v) is 10.7. The molecular formula is C25H24N6O. The molecule has 5 rings (SSSR count). The molecule has 0 spiro atoms. The normalized spacial score (nSPS) is 11.6. The number of benzene rings is 2. The van der Waals surface area contributed by atoms with Gasteiger partial charge in [0.15, 0.2) is 5.65 Å². The highest BCUT2D eigenvalue weighted by molar-refractivity contribution is 5.98. The van der Waals surface area contributed by atoms with Crippen molar-refractivity contribution in [1.29, 1.82) is 0 Å². The number of anilines is 1. The first-order chi connectivity index (χ1) is 15.5. The SMILES string of the molecule is CC(C)Cn1c(=O)nc(N)c2c(-c3ccncc3)n(Cc3cccc4ccccc34)nc21. The molecule has 0 radical (unpaired) electrons. The Bertz CT molecular complexity index is 1480. The molecule has 2 aromatic carbocycles. The van der Waals surface area contributed by atoms with Gasteiger partial charge in [-0.05, 0) is 34.4 Å². The highest BCUT2D eigenvalue weighted by Gasteiger charge is 2.21. The van der Waals surface area contributed by atoms with Crippen molar-refractivity contribution in [2.45, 2.75) is 26.9 Å². The average molecular weight is 425 g/mol. The number of fused-ring (bicyclic) bond motifs is 2. The van der Waals surface area contributed by atoms with Crippen LogP contribution in [-0.4, -0.2) is 24.3 Å². The van der Waals surface area contributed by atoms with Crippen LogP contribution in [0.2, 0.25) is 0 Å². The van der Waals surface area contributed by atoms with E-state index >= 15 is 0 Å². The molecule has 0 bridgehead atoms. The Morgan fingerprint density at radius 1 is 1.00 bits per heavy atom. The summed E-state index contributed by atoms with van der Waals surface area (Å²) in [6.45, 7) is 5.17. The largest absolute Gasteiger partial charge is 0.383 e. The van der Waals surface area contributed by atoms with E-state index in [1.54, 1.807) is 17.0 Å². The quantitative estimate of drug-likeness (QED) is 0.459. The minimum absolute atomic E-state index is 0.195. The van der Waals surface area contributed by atoms with E-state index < -0.39 is 0 Å². The van der Waals surface area contributed by atoms with Crippen LogP contribution in [0.3, 0.4) is 0 Å². The van der Waals surface area contributed by atoms with E-state index in [1.165, 1.54) is 10.8 Å². The van der Waals surface area contributed by atoms with Crippen molar-refractivity contribution >= 4 is 27.6 Å². The lowest BCUT2D eigenvalue weighted by molar-refractivity contribution is 0.512. The summed E-state index contributed by atoms with van der Waals surface area (Å²) in [5, 5.41) is 7.94. The molecule has 3 heterocycles. The van der Waals surface area contributed by atoms with Crippen LogP contribution in [0.5, 0.6) is 0 Å². The second-order valence-corrected chi connectivity index (χ2v) is 8.36. The van der Waals surface area contributed by atoms with Crippen molar-refractivity contribution < 1.29 is 0 Å². The summed E-state index contributed by atoms with van der Waals surface area (Å²) in [6, 6.07) is 18.4. The lowest BCUT2D eigenvalue weighted by Gasteiger charge is -2.11. The fourth-order valence-electron chi connectivity index (χ4n) is 4.22. The van der Waals surface area contributed by atoms with Crippen molar-refractivity contribution in [2.24, 2.45) is 5.92 Å². The molecule has 0 atom stereocenters. The van der Waals surface area contributed by atoms with E-state index in [9.17, 15) is 4.79 Å². The van der Waals surface area contributed by atoms with E-state index in [1.807, 2.05) is 28.9 Å². The Labute approximate surface area is 185 Å². The van der Waals surface area contributed by atoms with Gasteiger partial charge in [0.1, 0.15) is 5.82 Å². The number of pyridine rings is 1. The Morgan fingerprint density at radius 2 is 1.75 bits per heavy atom. The molecule has 0 unspecified atom stereocenters. The Morgan fingerprint density at radius 3 is 2.53 bits per heavy atom. The predicted molar refractivity (Wildman–Crippen MR) is 127 cm³/mol. The van der Waals surface area contributed by atoms with Crippen LogP contribution in [-0.2, 0) is 13.1 Å². The number of nitrogen functional groups attached to an aromatic ring is 1. The van der Waals surface area contributed by atoms with Crippen LogP contribution in [0, 0.1) is 5.92 Å². The first kappa shape index (κ1) is 19.9. The topological polar surface area (TPSA) is 91.6 Å². The maximum atomic E-state index is 12.7. The molecule has 160 valence electrons. The maximum Gasteiger partial charge on any atom is 0.351 e. The molecule has 0 aliphatic rings. The van der Waals surface area contributed by atoms with Crippen LogP contribution in [0.4, 0.5) is 5.82 Å². The lowest BCUT2D eigenvalue weighted by Crippen LogP contribution is -2.26. The van der Waals surface area contributed by atoms with Gasteiger partial charge in [-0.2, -0.15) is 10.1 Å². The highest BCUT2D eigenvalue weighted by Crippen LogP contribution is 2.32. The Hall–Kier alpha value is -4.00. The maximum absolute atomic E-state index is 12.7. The fraction of sp³-hybridized carbons (Fsp3) is 0.200. The van der Waals surface area contributed by atoms with Gasteiger partial charge in [-0.25, -0.2) is 4.79 Å². The predicted octanol–water partition coefficient (Wildman–Crippen LogP) is 4.09. The standard InChI is InChI=1S/C25H24N6O/c1-16(2)14-30-24-21(23(26)28-25(30)32)22(18-10-12-27-13-11-18)31(29-24)15-19-8-5-7-17-6-3-4-9-20(17)19/h3-13,16H,14-15H2,1-2H3,(H2,26,28,32). The monoisotopic (exact) mass is 424 g/mol. The third kappa shape index (κ3) is 3.41. The Kier molecular flexibility index (Phi) is 4.93. The molecule has 2 N–H and O–H groups in total. The van der Waals surface area contributed by atoms with Crippen LogP contribution in [0.25, 0.3) is 33.1 Å². The van der Waals surface area contributed by atoms with Crippen molar-refractivity contribution in [3.8, 4) is 11.3 Å².